The van der Waals surface area contributed by atoms with Crippen LogP contribution in [-0.4, -0.2) is 22.7 Å². The van der Waals surface area contributed by atoms with Gasteiger partial charge < -0.3 is 19.3 Å². The number of nitrogens with zero attached hydrogens (tertiary/aromatic N) is 1. The molecule has 2 aromatic heterocycles. The van der Waals surface area contributed by atoms with Gasteiger partial charge in [0.25, 0.3) is 0 Å². The van der Waals surface area contributed by atoms with Crippen LogP contribution in [0.4, 0.5) is 10.8 Å². The van der Waals surface area contributed by atoms with E-state index in [0.717, 1.165) is 0 Å². The number of aliphatic hydroxyl groups is 1. The van der Waals surface area contributed by atoms with Crippen LogP contribution in [0.1, 0.15) is 29.9 Å². The summed E-state index contributed by atoms with van der Waals surface area (Å²) in [5, 5.41) is 15.3. The van der Waals surface area contributed by atoms with Crippen LogP contribution in [0.3, 0.4) is 0 Å². The predicted octanol–water partition coefficient (Wildman–Crippen LogP) is 2.22. The van der Waals surface area contributed by atoms with Gasteiger partial charge in [-0.3, -0.25) is 5.32 Å². The molecule has 3 N–H and O–H groups in total. The van der Waals surface area contributed by atoms with Crippen molar-refractivity contribution in [2.45, 2.75) is 33.3 Å². The van der Waals surface area contributed by atoms with Crippen molar-refractivity contribution >= 4 is 12.0 Å². The second kappa shape index (κ2) is 5.61. The monoisotopic (exact) mass is 293 g/mol. The van der Waals surface area contributed by atoms with Crippen LogP contribution in [0, 0.1) is 20.8 Å². The molecule has 7 heteroatoms. The number of rotatable bonds is 4. The van der Waals surface area contributed by atoms with Gasteiger partial charge in [0.2, 0.25) is 0 Å². The smallest absolute Gasteiger partial charge is 0.322 e. The third-order valence-corrected chi connectivity index (χ3v) is 3.11. The molecule has 0 aliphatic heterocycles. The van der Waals surface area contributed by atoms with E-state index in [0.29, 0.717) is 23.0 Å². The summed E-state index contributed by atoms with van der Waals surface area (Å²) in [5.41, 5.74) is -0.586. The number of anilines is 1. The number of carbonyl (C=O) groups is 1. The summed E-state index contributed by atoms with van der Waals surface area (Å²) in [6, 6.07) is 3.04. The number of hydrogen-bond donors (Lipinski definition) is 3. The molecule has 2 rings (SSSR count). The number of hydrogen-bond acceptors (Lipinski definition) is 5. The molecule has 2 aromatic rings. The van der Waals surface area contributed by atoms with E-state index in [-0.39, 0.29) is 12.6 Å². The molecule has 1 unspecified atom stereocenters. The van der Waals surface area contributed by atoms with Crippen molar-refractivity contribution < 1.29 is 18.7 Å². The Balaban J connectivity index is 1.91. The zero-order valence-corrected chi connectivity index (χ0v) is 12.5. The lowest BCUT2D eigenvalue weighted by Gasteiger charge is -2.21. The lowest BCUT2D eigenvalue weighted by Crippen LogP contribution is -2.40. The third kappa shape index (κ3) is 3.63. The highest BCUT2D eigenvalue weighted by Gasteiger charge is 2.27. The first-order chi connectivity index (χ1) is 9.78. The zero-order chi connectivity index (χ0) is 15.6. The van der Waals surface area contributed by atoms with E-state index in [1.807, 2.05) is 0 Å². The molecule has 21 heavy (non-hydrogen) atoms. The summed E-state index contributed by atoms with van der Waals surface area (Å²) in [7, 11) is 0. The summed E-state index contributed by atoms with van der Waals surface area (Å²) in [6.45, 7) is 6.88. The van der Waals surface area contributed by atoms with Gasteiger partial charge in [-0.1, -0.05) is 0 Å². The van der Waals surface area contributed by atoms with E-state index in [4.69, 9.17) is 8.83 Å². The fraction of sp³-hybridized carbons (Fsp3) is 0.429. The number of carbonyl (C=O) groups excluding carboxylic acids is 1. The Morgan fingerprint density at radius 2 is 2.05 bits per heavy atom. The Labute approximate surface area is 122 Å². The minimum Gasteiger partial charge on any atom is -0.463 e. The molecule has 0 aromatic carbocycles. The standard InChI is InChI=1S/C14H19N3O4/c1-8-5-6-11(20-8)14(4,19)7-15-12(18)17-13-16-9(2)10(3)21-13/h5-6,19H,7H2,1-4H3,(H2,15,16,17,18). The molecular weight excluding hydrogens is 274 g/mol. The van der Waals surface area contributed by atoms with Crippen LogP contribution in [0.15, 0.2) is 21.0 Å². The second-order valence-corrected chi connectivity index (χ2v) is 5.15. The molecule has 1 atom stereocenters. The maximum absolute atomic E-state index is 11.8. The van der Waals surface area contributed by atoms with Gasteiger partial charge in [-0.25, -0.2) is 4.79 Å². The van der Waals surface area contributed by atoms with E-state index in [9.17, 15) is 9.90 Å². The number of urea groups is 1. The average Bonchev–Trinajstić information content (AvgIpc) is 2.95. The highest BCUT2D eigenvalue weighted by atomic mass is 16.4. The van der Waals surface area contributed by atoms with Gasteiger partial charge in [-0.15, -0.1) is 0 Å². The molecule has 0 saturated heterocycles. The van der Waals surface area contributed by atoms with Crippen LogP contribution in [-0.2, 0) is 5.60 Å². The Kier molecular flexibility index (Phi) is 4.04. The Hall–Kier alpha value is -2.28. The van der Waals surface area contributed by atoms with Gasteiger partial charge in [0, 0.05) is 0 Å². The van der Waals surface area contributed by atoms with Crippen molar-refractivity contribution in [3.63, 3.8) is 0 Å². The van der Waals surface area contributed by atoms with Gasteiger partial charge in [0.15, 0.2) is 0 Å². The van der Waals surface area contributed by atoms with Gasteiger partial charge in [0.05, 0.1) is 12.2 Å². The molecule has 0 bridgehead atoms. The Morgan fingerprint density at radius 3 is 2.57 bits per heavy atom. The fourth-order valence-electron chi connectivity index (χ4n) is 1.73. The number of amides is 2. The van der Waals surface area contributed by atoms with Crippen LogP contribution < -0.4 is 10.6 Å². The summed E-state index contributed by atoms with van der Waals surface area (Å²) in [6.07, 6.45) is 0. The van der Waals surface area contributed by atoms with E-state index >= 15 is 0 Å². The van der Waals surface area contributed by atoms with Crippen LogP contribution in [0.5, 0.6) is 0 Å². The molecule has 0 saturated carbocycles. The first-order valence-corrected chi connectivity index (χ1v) is 6.56. The van der Waals surface area contributed by atoms with Crippen LogP contribution >= 0.6 is 0 Å². The molecule has 0 aliphatic carbocycles. The average molecular weight is 293 g/mol. The van der Waals surface area contributed by atoms with Crippen molar-refractivity contribution in [3.05, 3.63) is 35.1 Å². The second-order valence-electron chi connectivity index (χ2n) is 5.15. The summed E-state index contributed by atoms with van der Waals surface area (Å²) >= 11 is 0. The molecule has 0 radical (unpaired) electrons. The predicted molar refractivity (Wildman–Crippen MR) is 76.0 cm³/mol. The van der Waals surface area contributed by atoms with Crippen LogP contribution in [0.2, 0.25) is 0 Å². The minimum atomic E-state index is -1.30. The van der Waals surface area contributed by atoms with Crippen molar-refractivity contribution in [2.24, 2.45) is 0 Å². The topological polar surface area (TPSA) is 101 Å². The molecular formula is C14H19N3O4. The number of oxazole rings is 1. The van der Waals surface area contributed by atoms with Gasteiger partial charge in [-0.05, 0) is 39.8 Å². The maximum Gasteiger partial charge on any atom is 0.322 e. The SMILES string of the molecule is Cc1ccc(C(C)(O)CNC(=O)Nc2nc(C)c(C)o2)o1. The molecule has 114 valence electrons. The quantitative estimate of drug-likeness (QED) is 0.802. The molecule has 0 spiro atoms. The first kappa shape index (κ1) is 15.1. The fourth-order valence-corrected chi connectivity index (χ4v) is 1.73. The lowest BCUT2D eigenvalue weighted by atomic mass is 10.0. The lowest BCUT2D eigenvalue weighted by molar-refractivity contribution is 0.0364. The number of aryl methyl sites for hydroxylation is 3. The molecule has 2 amide bonds. The van der Waals surface area contributed by atoms with E-state index < -0.39 is 11.6 Å². The van der Waals surface area contributed by atoms with Crippen molar-refractivity contribution in [3.8, 4) is 0 Å². The van der Waals surface area contributed by atoms with Crippen molar-refractivity contribution in [1.29, 1.82) is 0 Å². The molecule has 2 heterocycles. The Bertz CT molecular complexity index is 623. The van der Waals surface area contributed by atoms with E-state index in [1.54, 1.807) is 39.8 Å². The van der Waals surface area contributed by atoms with Crippen molar-refractivity contribution in [1.82, 2.24) is 10.3 Å². The molecule has 0 aliphatic rings. The van der Waals surface area contributed by atoms with Gasteiger partial charge >= 0.3 is 12.0 Å². The van der Waals surface area contributed by atoms with E-state index in [2.05, 4.69) is 15.6 Å². The Morgan fingerprint density at radius 1 is 1.33 bits per heavy atom. The molecule has 7 nitrogen and oxygen atoms in total. The van der Waals surface area contributed by atoms with Crippen LogP contribution in [0.25, 0.3) is 0 Å². The number of nitrogens with one attached hydrogen (secondary N) is 2. The van der Waals surface area contributed by atoms with Gasteiger partial charge in [-0.2, -0.15) is 4.98 Å². The third-order valence-electron chi connectivity index (χ3n) is 3.11. The zero-order valence-electron chi connectivity index (χ0n) is 12.5. The minimum absolute atomic E-state index is 0.00946. The summed E-state index contributed by atoms with van der Waals surface area (Å²) < 4.78 is 10.6. The maximum atomic E-state index is 11.8. The summed E-state index contributed by atoms with van der Waals surface area (Å²) in [5.74, 6) is 1.73. The first-order valence-electron chi connectivity index (χ1n) is 6.56. The highest BCUT2D eigenvalue weighted by Crippen LogP contribution is 2.22. The van der Waals surface area contributed by atoms with Gasteiger partial charge in [0.1, 0.15) is 22.9 Å². The van der Waals surface area contributed by atoms with Crippen molar-refractivity contribution in [2.75, 3.05) is 11.9 Å². The van der Waals surface area contributed by atoms with E-state index in [1.165, 1.54) is 0 Å². The number of furan rings is 1. The number of aromatic nitrogens is 1. The highest BCUT2D eigenvalue weighted by molar-refractivity contribution is 5.87. The summed E-state index contributed by atoms with van der Waals surface area (Å²) in [4.78, 5) is 15.8. The normalized spacial score (nSPS) is 13.8. The largest absolute Gasteiger partial charge is 0.463 e. The molecule has 0 fully saturated rings.